The Kier molecular flexibility index (Phi) is 4.70. The minimum atomic E-state index is -0.192. The Morgan fingerprint density at radius 3 is 2.80 bits per heavy atom. The second-order valence-corrected chi connectivity index (χ2v) is 4.70. The highest BCUT2D eigenvalue weighted by atomic mass is 32.2. The van der Waals surface area contributed by atoms with Gasteiger partial charge in [0.05, 0.1) is 6.04 Å². The Balaban J connectivity index is 2.62. The van der Waals surface area contributed by atoms with Gasteiger partial charge >= 0.3 is 0 Å². The molecular formula is C10H16BNO2S. The van der Waals surface area contributed by atoms with E-state index < -0.39 is 0 Å². The number of ketones is 1. The van der Waals surface area contributed by atoms with Gasteiger partial charge < -0.3 is 4.90 Å². The van der Waals surface area contributed by atoms with Crippen molar-refractivity contribution in [3.05, 3.63) is 0 Å². The predicted octanol–water partition coefficient (Wildman–Crippen LogP) is 1.02. The van der Waals surface area contributed by atoms with Gasteiger partial charge in [0.25, 0.3) is 0 Å². The molecule has 3 nitrogen and oxygen atoms in total. The molecule has 1 aliphatic rings. The molecule has 0 spiro atoms. The van der Waals surface area contributed by atoms with Gasteiger partial charge in [-0.3, -0.25) is 9.59 Å². The normalized spacial score (nSPS) is 22.8. The van der Waals surface area contributed by atoms with Crippen molar-refractivity contribution in [2.24, 2.45) is 5.92 Å². The molecule has 82 valence electrons. The molecule has 0 aliphatic carbocycles. The molecule has 1 fully saturated rings. The molecule has 0 aromatic carbocycles. The van der Waals surface area contributed by atoms with E-state index in [1.54, 1.807) is 11.8 Å². The van der Waals surface area contributed by atoms with Crippen LogP contribution in [0.2, 0.25) is 0 Å². The lowest BCUT2D eigenvalue weighted by Crippen LogP contribution is -2.42. The van der Waals surface area contributed by atoms with Crippen LogP contribution in [0.3, 0.4) is 0 Å². The highest BCUT2D eigenvalue weighted by Crippen LogP contribution is 2.21. The summed E-state index contributed by atoms with van der Waals surface area (Å²) in [6, 6.07) is -0.192. The van der Waals surface area contributed by atoms with E-state index in [0.29, 0.717) is 12.3 Å². The van der Waals surface area contributed by atoms with Crippen LogP contribution in [0.1, 0.15) is 26.7 Å². The Hall–Kier alpha value is -0.445. The molecule has 0 aromatic rings. The predicted molar refractivity (Wildman–Crippen MR) is 62.8 cm³/mol. The van der Waals surface area contributed by atoms with Crippen molar-refractivity contribution in [3.63, 3.8) is 0 Å². The summed E-state index contributed by atoms with van der Waals surface area (Å²) >= 11 is 1.17. The van der Waals surface area contributed by atoms with Crippen LogP contribution in [0.5, 0.6) is 0 Å². The lowest BCUT2D eigenvalue weighted by Gasteiger charge is -2.25. The third-order valence-corrected chi connectivity index (χ3v) is 3.47. The lowest BCUT2D eigenvalue weighted by molar-refractivity contribution is -0.139. The van der Waals surface area contributed by atoms with Crippen LogP contribution in [0.4, 0.5) is 0 Å². The van der Waals surface area contributed by atoms with Gasteiger partial charge in [0.1, 0.15) is 0 Å². The maximum atomic E-state index is 12.0. The Morgan fingerprint density at radius 1 is 1.60 bits per heavy atom. The molecule has 1 amide bonds. The summed E-state index contributed by atoms with van der Waals surface area (Å²) in [5.74, 6) is 0.666. The first-order chi connectivity index (χ1) is 7.07. The first kappa shape index (κ1) is 12.6. The molecule has 2 atom stereocenters. The molecule has 1 aliphatic heterocycles. The number of likely N-dealkylation sites (tertiary alicyclic amines) is 1. The fourth-order valence-corrected chi connectivity index (χ4v) is 2.38. The minimum Gasteiger partial charge on any atom is -0.332 e. The zero-order valence-electron chi connectivity index (χ0n) is 9.23. The minimum absolute atomic E-state index is 0.0608. The summed E-state index contributed by atoms with van der Waals surface area (Å²) in [4.78, 5) is 25.0. The van der Waals surface area contributed by atoms with Crippen LogP contribution in [0.15, 0.2) is 0 Å². The second kappa shape index (κ2) is 5.59. The summed E-state index contributed by atoms with van der Waals surface area (Å²) in [5.41, 5.74) is 0. The van der Waals surface area contributed by atoms with Gasteiger partial charge in [-0.15, -0.1) is 0 Å². The number of amides is 1. The SMILES string of the molecule is [B]SC[C@@H](C)C(=O)N1CCC[C@H]1C(C)=O. The average molecular weight is 225 g/mol. The fraction of sp³-hybridized carbons (Fsp3) is 0.800. The smallest absolute Gasteiger partial charge is 0.226 e. The van der Waals surface area contributed by atoms with E-state index in [-0.39, 0.29) is 23.7 Å². The quantitative estimate of drug-likeness (QED) is 0.670. The monoisotopic (exact) mass is 225 g/mol. The number of rotatable bonds is 4. The van der Waals surface area contributed by atoms with Crippen LogP contribution >= 0.6 is 11.6 Å². The van der Waals surface area contributed by atoms with Crippen molar-refractivity contribution < 1.29 is 9.59 Å². The van der Waals surface area contributed by atoms with Gasteiger partial charge in [-0.05, 0) is 25.5 Å². The van der Waals surface area contributed by atoms with Crippen molar-refractivity contribution in [2.45, 2.75) is 32.7 Å². The number of nitrogens with zero attached hydrogens (tertiary/aromatic N) is 1. The van der Waals surface area contributed by atoms with Crippen LogP contribution in [0.25, 0.3) is 0 Å². The highest BCUT2D eigenvalue weighted by Gasteiger charge is 2.33. The van der Waals surface area contributed by atoms with Crippen molar-refractivity contribution in [1.29, 1.82) is 0 Å². The topological polar surface area (TPSA) is 37.4 Å². The number of hydrogen-bond donors (Lipinski definition) is 0. The Morgan fingerprint density at radius 2 is 2.27 bits per heavy atom. The van der Waals surface area contributed by atoms with Crippen LogP contribution in [-0.4, -0.2) is 42.1 Å². The molecule has 15 heavy (non-hydrogen) atoms. The molecule has 2 radical (unpaired) electrons. The van der Waals surface area contributed by atoms with E-state index >= 15 is 0 Å². The summed E-state index contributed by atoms with van der Waals surface area (Å²) in [7, 11) is 5.34. The maximum absolute atomic E-state index is 12.0. The molecule has 0 bridgehead atoms. The van der Waals surface area contributed by atoms with Gasteiger partial charge in [0.2, 0.25) is 5.91 Å². The van der Waals surface area contributed by atoms with E-state index in [2.05, 4.69) is 0 Å². The van der Waals surface area contributed by atoms with Crippen molar-refractivity contribution in [1.82, 2.24) is 4.90 Å². The summed E-state index contributed by atoms with van der Waals surface area (Å²) < 4.78 is 0. The van der Waals surface area contributed by atoms with E-state index in [4.69, 9.17) is 7.12 Å². The van der Waals surface area contributed by atoms with Gasteiger partial charge in [-0.25, -0.2) is 11.6 Å². The molecular weight excluding hydrogens is 209 g/mol. The number of hydrogen-bond acceptors (Lipinski definition) is 3. The number of Topliss-reactive ketones (excluding diaryl/α,β-unsaturated/α-hetero) is 1. The van der Waals surface area contributed by atoms with Gasteiger partial charge in [0, 0.05) is 12.5 Å². The maximum Gasteiger partial charge on any atom is 0.226 e. The molecule has 5 heteroatoms. The van der Waals surface area contributed by atoms with Gasteiger partial charge in [0.15, 0.2) is 12.9 Å². The first-order valence-corrected chi connectivity index (χ1v) is 6.25. The highest BCUT2D eigenvalue weighted by molar-refractivity contribution is 8.19. The third kappa shape index (κ3) is 3.00. The number of carbonyl (C=O) groups is 2. The first-order valence-electron chi connectivity index (χ1n) is 5.20. The van der Waals surface area contributed by atoms with Gasteiger partial charge in [-0.2, -0.15) is 0 Å². The molecule has 0 saturated carbocycles. The molecule has 0 unspecified atom stereocenters. The van der Waals surface area contributed by atoms with Gasteiger partial charge in [-0.1, -0.05) is 6.92 Å². The standard InChI is InChI=1S/C10H16BNO2S/c1-7(6-15-11)10(14)12-5-3-4-9(12)8(2)13/h7,9H,3-6H2,1-2H3/t7-,9+/m1/s1. The molecule has 0 aromatic heterocycles. The van der Waals surface area contributed by atoms with Crippen molar-refractivity contribution in [2.75, 3.05) is 12.3 Å². The third-order valence-electron chi connectivity index (χ3n) is 2.77. The summed E-state index contributed by atoms with van der Waals surface area (Å²) in [6.45, 7) is 4.12. The van der Waals surface area contributed by atoms with E-state index in [1.807, 2.05) is 6.92 Å². The zero-order chi connectivity index (χ0) is 11.4. The summed E-state index contributed by atoms with van der Waals surface area (Å²) in [6.07, 6.45) is 1.74. The fourth-order valence-electron chi connectivity index (χ4n) is 1.95. The molecule has 1 saturated heterocycles. The van der Waals surface area contributed by atoms with Crippen LogP contribution < -0.4 is 0 Å². The second-order valence-electron chi connectivity index (χ2n) is 4.03. The average Bonchev–Trinajstić information content (AvgIpc) is 2.65. The molecule has 1 rings (SSSR count). The van der Waals surface area contributed by atoms with Crippen molar-refractivity contribution in [3.8, 4) is 0 Å². The van der Waals surface area contributed by atoms with Crippen molar-refractivity contribution >= 4 is 30.4 Å². The number of carbonyl (C=O) groups excluding carboxylic acids is 2. The Labute approximate surface area is 96.3 Å². The van der Waals surface area contributed by atoms with Crippen LogP contribution in [-0.2, 0) is 9.59 Å². The largest absolute Gasteiger partial charge is 0.332 e. The lowest BCUT2D eigenvalue weighted by atomic mass is 10.1. The zero-order valence-corrected chi connectivity index (χ0v) is 10.0. The Bertz CT molecular complexity index is 260. The van der Waals surface area contributed by atoms with E-state index in [1.165, 1.54) is 11.6 Å². The molecule has 0 N–H and O–H groups in total. The molecule has 1 heterocycles. The van der Waals surface area contributed by atoms with E-state index in [9.17, 15) is 9.59 Å². The van der Waals surface area contributed by atoms with E-state index in [0.717, 1.165) is 12.8 Å². The summed E-state index contributed by atoms with van der Waals surface area (Å²) in [5, 5.41) is 0. The van der Waals surface area contributed by atoms with Crippen LogP contribution in [0, 0.1) is 5.92 Å².